The molecule has 0 bridgehead atoms. The number of aryl methyl sites for hydroxylation is 1. The summed E-state index contributed by atoms with van der Waals surface area (Å²) in [6.45, 7) is 1.91. The van der Waals surface area contributed by atoms with Crippen LogP contribution < -0.4 is 9.47 Å². The quantitative estimate of drug-likeness (QED) is 0.774. The molecule has 0 spiro atoms. The van der Waals surface area contributed by atoms with E-state index in [1.807, 2.05) is 13.0 Å². The largest absolute Gasteiger partial charge is 0.497 e. The van der Waals surface area contributed by atoms with Gasteiger partial charge in [0.1, 0.15) is 11.5 Å². The number of Topliss-reactive ketones (excluding diaryl/α,β-unsaturated/α-hetero) is 1. The first-order valence-corrected chi connectivity index (χ1v) is 7.20. The van der Waals surface area contributed by atoms with Gasteiger partial charge < -0.3 is 9.47 Å². The van der Waals surface area contributed by atoms with E-state index in [1.54, 1.807) is 38.6 Å². The molecule has 1 aromatic carbocycles. The smallest absolute Gasteiger partial charge is 0.167 e. The number of ether oxygens (including phenoxy) is 2. The van der Waals surface area contributed by atoms with E-state index < -0.39 is 0 Å². The molecule has 0 fully saturated rings. The average molecular weight is 350 g/mol. The molecule has 21 heavy (non-hydrogen) atoms. The second kappa shape index (κ2) is 6.72. The van der Waals surface area contributed by atoms with Crippen LogP contribution in [-0.4, -0.2) is 25.0 Å². The first-order chi connectivity index (χ1) is 10.0. The predicted octanol–water partition coefficient (Wildman–Crippen LogP) is 3.60. The maximum Gasteiger partial charge on any atom is 0.167 e. The van der Waals surface area contributed by atoms with Crippen molar-refractivity contribution in [3.05, 3.63) is 51.8 Å². The Labute approximate surface area is 132 Å². The van der Waals surface area contributed by atoms with Crippen molar-refractivity contribution < 1.29 is 14.3 Å². The fourth-order valence-electron chi connectivity index (χ4n) is 1.90. The predicted molar refractivity (Wildman–Crippen MR) is 84.3 cm³/mol. The number of rotatable bonds is 5. The Morgan fingerprint density at radius 3 is 2.29 bits per heavy atom. The average Bonchev–Trinajstić information content (AvgIpc) is 2.50. The van der Waals surface area contributed by atoms with E-state index in [0.29, 0.717) is 17.1 Å². The van der Waals surface area contributed by atoms with Crippen molar-refractivity contribution in [1.29, 1.82) is 0 Å². The van der Waals surface area contributed by atoms with Gasteiger partial charge in [0.15, 0.2) is 5.78 Å². The zero-order valence-corrected chi connectivity index (χ0v) is 13.7. The molecule has 0 atom stereocenters. The lowest BCUT2D eigenvalue weighted by Crippen LogP contribution is -2.05. The van der Waals surface area contributed by atoms with E-state index in [0.717, 1.165) is 15.7 Å². The minimum Gasteiger partial charge on any atom is -0.497 e. The number of aromatic nitrogens is 1. The molecule has 0 unspecified atom stereocenters. The van der Waals surface area contributed by atoms with Crippen molar-refractivity contribution in [2.75, 3.05) is 14.2 Å². The highest BCUT2D eigenvalue weighted by atomic mass is 79.9. The number of carbonyl (C=O) groups excluding carboxylic acids is 1. The Bertz CT molecular complexity index is 648. The van der Waals surface area contributed by atoms with Crippen LogP contribution in [0.4, 0.5) is 0 Å². The number of benzene rings is 1. The topological polar surface area (TPSA) is 48.4 Å². The van der Waals surface area contributed by atoms with Crippen LogP contribution in [0.25, 0.3) is 0 Å². The molecular weight excluding hydrogens is 334 g/mol. The van der Waals surface area contributed by atoms with Crippen LogP contribution in [0.3, 0.4) is 0 Å². The Morgan fingerprint density at radius 1 is 1.14 bits per heavy atom. The van der Waals surface area contributed by atoms with Gasteiger partial charge >= 0.3 is 0 Å². The number of ketones is 1. The van der Waals surface area contributed by atoms with Crippen molar-refractivity contribution >= 4 is 21.7 Å². The van der Waals surface area contributed by atoms with Crippen LogP contribution in [-0.2, 0) is 6.42 Å². The highest BCUT2D eigenvalue weighted by Gasteiger charge is 2.12. The molecule has 0 saturated heterocycles. The number of carbonyl (C=O) groups is 1. The van der Waals surface area contributed by atoms with Crippen LogP contribution in [0.2, 0.25) is 0 Å². The van der Waals surface area contributed by atoms with Gasteiger partial charge in [0.2, 0.25) is 0 Å². The number of pyridine rings is 1. The Hall–Kier alpha value is -1.88. The van der Waals surface area contributed by atoms with E-state index in [-0.39, 0.29) is 12.2 Å². The van der Waals surface area contributed by atoms with Gasteiger partial charge in [0.25, 0.3) is 0 Å². The summed E-state index contributed by atoms with van der Waals surface area (Å²) < 4.78 is 11.3. The molecule has 0 amide bonds. The van der Waals surface area contributed by atoms with Gasteiger partial charge in [-0.05, 0) is 46.6 Å². The molecule has 2 aromatic rings. The summed E-state index contributed by atoms with van der Waals surface area (Å²) in [5.74, 6) is 1.19. The van der Waals surface area contributed by atoms with E-state index in [9.17, 15) is 4.79 Å². The number of hydrogen-bond acceptors (Lipinski definition) is 4. The third-order valence-corrected chi connectivity index (χ3v) is 3.92. The molecule has 0 radical (unpaired) electrons. The summed E-state index contributed by atoms with van der Waals surface area (Å²) in [6, 6.07) is 7.07. The van der Waals surface area contributed by atoms with E-state index >= 15 is 0 Å². The van der Waals surface area contributed by atoms with E-state index in [4.69, 9.17) is 9.47 Å². The second-order valence-corrected chi connectivity index (χ2v) is 5.47. The van der Waals surface area contributed by atoms with E-state index in [2.05, 4.69) is 20.9 Å². The molecule has 0 saturated carbocycles. The first-order valence-electron chi connectivity index (χ1n) is 6.40. The van der Waals surface area contributed by atoms with E-state index in [1.165, 1.54) is 0 Å². The monoisotopic (exact) mass is 349 g/mol. The molecule has 0 aliphatic rings. The zero-order chi connectivity index (χ0) is 15.4. The Kier molecular flexibility index (Phi) is 4.96. The van der Waals surface area contributed by atoms with Gasteiger partial charge in [0, 0.05) is 28.7 Å². The minimum absolute atomic E-state index is 0.00949. The summed E-state index contributed by atoms with van der Waals surface area (Å²) in [5, 5.41) is 0. The van der Waals surface area contributed by atoms with Gasteiger partial charge in [0.05, 0.1) is 19.9 Å². The summed E-state index contributed by atoms with van der Waals surface area (Å²) in [6.07, 6.45) is 2.00. The summed E-state index contributed by atoms with van der Waals surface area (Å²) >= 11 is 3.42. The van der Waals surface area contributed by atoms with Gasteiger partial charge in [-0.15, -0.1) is 0 Å². The fraction of sp³-hybridized carbons (Fsp3) is 0.250. The van der Waals surface area contributed by atoms with Crippen molar-refractivity contribution in [2.45, 2.75) is 13.3 Å². The molecule has 5 heteroatoms. The van der Waals surface area contributed by atoms with Crippen LogP contribution >= 0.6 is 15.9 Å². The molecule has 0 aliphatic heterocycles. The maximum atomic E-state index is 12.4. The van der Waals surface area contributed by atoms with Crippen LogP contribution in [0, 0.1) is 6.92 Å². The number of hydrogen-bond donors (Lipinski definition) is 0. The maximum absolute atomic E-state index is 12.4. The van der Waals surface area contributed by atoms with Crippen molar-refractivity contribution in [3.8, 4) is 11.5 Å². The van der Waals surface area contributed by atoms with Crippen molar-refractivity contribution in [2.24, 2.45) is 0 Å². The lowest BCUT2D eigenvalue weighted by atomic mass is 10.0. The standard InChI is InChI=1S/C16H16BrNO3/c1-10-15(17)4-11(9-18-10)5-16(19)12-6-13(20-2)8-14(7-12)21-3/h4,6-9H,5H2,1-3H3. The van der Waals surface area contributed by atoms with Gasteiger partial charge in [-0.25, -0.2) is 0 Å². The molecule has 4 nitrogen and oxygen atoms in total. The zero-order valence-electron chi connectivity index (χ0n) is 12.1. The first kappa shape index (κ1) is 15.5. The molecule has 0 aliphatic carbocycles. The highest BCUT2D eigenvalue weighted by Crippen LogP contribution is 2.24. The Morgan fingerprint density at radius 2 is 1.76 bits per heavy atom. The second-order valence-electron chi connectivity index (χ2n) is 4.61. The van der Waals surface area contributed by atoms with Crippen LogP contribution in [0.15, 0.2) is 34.9 Å². The summed E-state index contributed by atoms with van der Waals surface area (Å²) in [7, 11) is 3.12. The SMILES string of the molecule is COc1cc(OC)cc(C(=O)Cc2cnc(C)c(Br)c2)c1. The van der Waals surface area contributed by atoms with Gasteiger partial charge in [-0.1, -0.05) is 0 Å². The summed E-state index contributed by atoms with van der Waals surface area (Å²) in [4.78, 5) is 16.6. The summed E-state index contributed by atoms with van der Waals surface area (Å²) in [5.41, 5.74) is 2.32. The van der Waals surface area contributed by atoms with Crippen LogP contribution in [0.5, 0.6) is 11.5 Å². The minimum atomic E-state index is -0.00949. The fourth-order valence-corrected chi connectivity index (χ4v) is 2.29. The normalized spacial score (nSPS) is 10.3. The Balaban J connectivity index is 2.25. The molecule has 110 valence electrons. The number of halogens is 1. The van der Waals surface area contributed by atoms with Crippen molar-refractivity contribution in [3.63, 3.8) is 0 Å². The lowest BCUT2D eigenvalue weighted by molar-refractivity contribution is 0.0992. The van der Waals surface area contributed by atoms with Gasteiger partial charge in [-0.3, -0.25) is 9.78 Å². The lowest BCUT2D eigenvalue weighted by Gasteiger charge is -2.08. The van der Waals surface area contributed by atoms with Crippen molar-refractivity contribution in [1.82, 2.24) is 4.98 Å². The molecular formula is C16H16BrNO3. The molecule has 1 heterocycles. The number of nitrogens with zero attached hydrogens (tertiary/aromatic N) is 1. The molecule has 1 aromatic heterocycles. The highest BCUT2D eigenvalue weighted by molar-refractivity contribution is 9.10. The van der Waals surface area contributed by atoms with Crippen LogP contribution in [0.1, 0.15) is 21.6 Å². The van der Waals surface area contributed by atoms with Gasteiger partial charge in [-0.2, -0.15) is 0 Å². The third kappa shape index (κ3) is 3.82. The molecule has 2 rings (SSSR count). The number of methoxy groups -OCH3 is 2. The molecule has 0 N–H and O–H groups in total. The third-order valence-electron chi connectivity index (χ3n) is 3.12.